The van der Waals surface area contributed by atoms with Crippen molar-refractivity contribution in [3.63, 3.8) is 0 Å². The maximum Gasteiger partial charge on any atom is 0.129 e. The van der Waals surface area contributed by atoms with Gasteiger partial charge in [-0.15, -0.1) is 17.1 Å². The fraction of sp³-hybridized carbons (Fsp3) is 0.625. The van der Waals surface area contributed by atoms with Crippen LogP contribution in [0.2, 0.25) is 19.6 Å². The van der Waals surface area contributed by atoms with Crippen molar-refractivity contribution in [2.24, 2.45) is 0 Å². The number of rotatable bonds is 2. The largest absolute Gasteiger partial charge is 0.129 e. The van der Waals surface area contributed by atoms with Gasteiger partial charge in [0.2, 0.25) is 0 Å². The third-order valence-electron chi connectivity index (χ3n) is 0.898. The van der Waals surface area contributed by atoms with Gasteiger partial charge in [0.05, 0.1) is 4.86 Å². The predicted octanol–water partition coefficient (Wildman–Crippen LogP) is 2.87. The van der Waals surface area contributed by atoms with Gasteiger partial charge in [-0.3, -0.25) is 0 Å². The second-order valence-corrected chi connectivity index (χ2v) is 8.98. The lowest BCUT2D eigenvalue weighted by Crippen LogP contribution is -2.16. The van der Waals surface area contributed by atoms with Crippen molar-refractivity contribution in [1.29, 1.82) is 0 Å². The Hall–Kier alpha value is 0.157. The zero-order chi connectivity index (χ0) is 8.91. The van der Waals surface area contributed by atoms with Gasteiger partial charge in [0.25, 0.3) is 0 Å². The molecule has 0 amide bonds. The van der Waals surface area contributed by atoms with E-state index in [1.54, 1.807) is 0 Å². The maximum atomic E-state index is 5.50. The molecule has 62 valence electrons. The molecule has 0 atom stereocenters. The van der Waals surface area contributed by atoms with E-state index in [2.05, 4.69) is 31.1 Å². The third-order valence-corrected chi connectivity index (χ3v) is 2.27. The number of alkyl halides is 1. The van der Waals surface area contributed by atoms with Crippen molar-refractivity contribution in [2.45, 2.75) is 26.1 Å². The summed E-state index contributed by atoms with van der Waals surface area (Å²) < 4.78 is 0. The van der Waals surface area contributed by atoms with Crippen LogP contribution >= 0.6 is 23.8 Å². The average Bonchev–Trinajstić information content (AvgIpc) is 1.83. The van der Waals surface area contributed by atoms with Crippen LogP contribution in [0.25, 0.3) is 0 Å². The highest BCUT2D eigenvalue weighted by Gasteiger charge is 2.07. The van der Waals surface area contributed by atoms with Crippen molar-refractivity contribution in [3.05, 3.63) is 0 Å². The first-order chi connectivity index (χ1) is 4.95. The van der Waals surface area contributed by atoms with Gasteiger partial charge in [0.1, 0.15) is 8.07 Å². The van der Waals surface area contributed by atoms with E-state index in [0.29, 0.717) is 5.88 Å². The minimum atomic E-state index is -1.24. The summed E-state index contributed by atoms with van der Waals surface area (Å²) >= 11 is 10.5. The topological polar surface area (TPSA) is 0 Å². The highest BCUT2D eigenvalue weighted by molar-refractivity contribution is 7.81. The van der Waals surface area contributed by atoms with Gasteiger partial charge < -0.3 is 0 Å². The molecule has 11 heavy (non-hydrogen) atoms. The SMILES string of the molecule is C[Si](C)(C)C#CC(=S)CCCl. The first-order valence-corrected chi connectivity index (χ1v) is 8.02. The Kier molecular flexibility index (Phi) is 4.99. The fourth-order valence-electron chi connectivity index (χ4n) is 0.406. The van der Waals surface area contributed by atoms with Crippen LogP contribution in [0.4, 0.5) is 0 Å². The first kappa shape index (κ1) is 11.2. The number of hydrogen-bond donors (Lipinski definition) is 0. The fourth-order valence-corrected chi connectivity index (χ4v) is 1.48. The third kappa shape index (κ3) is 8.06. The van der Waals surface area contributed by atoms with Crippen molar-refractivity contribution in [2.75, 3.05) is 5.88 Å². The van der Waals surface area contributed by atoms with Crippen LogP contribution in [0, 0.1) is 11.5 Å². The highest BCUT2D eigenvalue weighted by atomic mass is 35.5. The summed E-state index contributed by atoms with van der Waals surface area (Å²) in [4.78, 5) is 0.794. The number of hydrogen-bond acceptors (Lipinski definition) is 1. The molecule has 0 bridgehead atoms. The molecule has 0 aromatic rings. The molecule has 0 unspecified atom stereocenters. The Morgan fingerprint density at radius 3 is 2.36 bits per heavy atom. The van der Waals surface area contributed by atoms with Gasteiger partial charge in [-0.1, -0.05) is 37.8 Å². The van der Waals surface area contributed by atoms with E-state index in [1.165, 1.54) is 0 Å². The van der Waals surface area contributed by atoms with Gasteiger partial charge in [-0.25, -0.2) is 0 Å². The molecule has 0 aliphatic rings. The van der Waals surface area contributed by atoms with Crippen LogP contribution in [-0.2, 0) is 0 Å². The maximum absolute atomic E-state index is 5.50. The van der Waals surface area contributed by atoms with Crippen LogP contribution in [0.15, 0.2) is 0 Å². The van der Waals surface area contributed by atoms with E-state index in [9.17, 15) is 0 Å². The van der Waals surface area contributed by atoms with Crippen LogP contribution in [0.1, 0.15) is 6.42 Å². The zero-order valence-corrected chi connectivity index (χ0v) is 9.77. The van der Waals surface area contributed by atoms with Gasteiger partial charge in [-0.05, 0) is 0 Å². The predicted molar refractivity (Wildman–Crippen MR) is 59.1 cm³/mol. The van der Waals surface area contributed by atoms with E-state index in [-0.39, 0.29) is 0 Å². The molecular formula is C8H13ClSSi. The Morgan fingerprint density at radius 1 is 1.45 bits per heavy atom. The molecule has 0 heterocycles. The molecule has 0 nitrogen and oxygen atoms in total. The van der Waals surface area contributed by atoms with Crippen LogP contribution in [0.3, 0.4) is 0 Å². The van der Waals surface area contributed by atoms with Crippen LogP contribution in [-0.4, -0.2) is 18.8 Å². The smallest absolute Gasteiger partial charge is 0.126 e. The van der Waals surface area contributed by atoms with Gasteiger partial charge in [-0.2, -0.15) is 0 Å². The molecule has 0 spiro atoms. The Morgan fingerprint density at radius 2 is 2.00 bits per heavy atom. The summed E-state index contributed by atoms with van der Waals surface area (Å²) in [6.45, 7) is 6.59. The van der Waals surface area contributed by atoms with Crippen molar-refractivity contribution < 1.29 is 0 Å². The first-order valence-electron chi connectivity index (χ1n) is 3.57. The molecular weight excluding hydrogens is 192 g/mol. The average molecular weight is 205 g/mol. The van der Waals surface area contributed by atoms with Crippen molar-refractivity contribution in [3.8, 4) is 11.5 Å². The molecule has 0 fully saturated rings. The molecule has 3 heteroatoms. The van der Waals surface area contributed by atoms with Crippen molar-refractivity contribution >= 4 is 36.8 Å². The monoisotopic (exact) mass is 204 g/mol. The molecule has 0 radical (unpaired) electrons. The summed E-state index contributed by atoms with van der Waals surface area (Å²) in [5, 5.41) is 0. The van der Waals surface area contributed by atoms with Crippen LogP contribution < -0.4 is 0 Å². The molecule has 0 aliphatic carbocycles. The second-order valence-electron chi connectivity index (χ2n) is 3.36. The molecule has 0 N–H and O–H groups in total. The Labute approximate surface area is 80.3 Å². The lowest BCUT2D eigenvalue weighted by atomic mass is 10.3. The standard InChI is InChI=1S/C8H13ClSSi/c1-11(2,3)7-5-8(10)4-6-9/h4,6H2,1-3H3. The van der Waals surface area contributed by atoms with Crippen LogP contribution in [0.5, 0.6) is 0 Å². The number of thiocarbonyl (C=S) groups is 1. The normalized spacial score (nSPS) is 10.2. The molecule has 0 rings (SSSR count). The number of halogens is 1. The minimum absolute atomic E-state index is 0.583. The summed E-state index contributed by atoms with van der Waals surface area (Å²) in [5.74, 6) is 3.56. The molecule has 0 saturated heterocycles. The summed E-state index contributed by atoms with van der Waals surface area (Å²) in [6.07, 6.45) is 0.744. The molecule has 0 aromatic carbocycles. The lowest BCUT2D eigenvalue weighted by molar-refractivity contribution is 1.34. The highest BCUT2D eigenvalue weighted by Crippen LogP contribution is 1.97. The van der Waals surface area contributed by atoms with Gasteiger partial charge in [0, 0.05) is 12.3 Å². The van der Waals surface area contributed by atoms with E-state index in [4.69, 9.17) is 23.8 Å². The molecule has 0 saturated carbocycles. The van der Waals surface area contributed by atoms with E-state index >= 15 is 0 Å². The van der Waals surface area contributed by atoms with E-state index < -0.39 is 8.07 Å². The van der Waals surface area contributed by atoms with E-state index in [1.807, 2.05) is 0 Å². The Bertz CT molecular complexity index is 194. The van der Waals surface area contributed by atoms with E-state index in [0.717, 1.165) is 11.3 Å². The minimum Gasteiger partial charge on any atom is -0.126 e. The molecule has 0 aliphatic heterocycles. The molecule has 0 aromatic heterocycles. The second kappa shape index (κ2) is 4.92. The Balaban J connectivity index is 3.98. The summed E-state index contributed by atoms with van der Waals surface area (Å²) in [5.41, 5.74) is 3.20. The van der Waals surface area contributed by atoms with Gasteiger partial charge >= 0.3 is 0 Å². The van der Waals surface area contributed by atoms with Gasteiger partial charge in [0.15, 0.2) is 0 Å². The quantitative estimate of drug-likeness (QED) is 0.289. The lowest BCUT2D eigenvalue weighted by Gasteiger charge is -2.02. The summed E-state index contributed by atoms with van der Waals surface area (Å²) in [6, 6.07) is 0. The summed E-state index contributed by atoms with van der Waals surface area (Å²) in [7, 11) is -1.24. The zero-order valence-electron chi connectivity index (χ0n) is 7.20. The van der Waals surface area contributed by atoms with Crippen molar-refractivity contribution in [1.82, 2.24) is 0 Å².